The first-order chi connectivity index (χ1) is 18.0. The summed E-state index contributed by atoms with van der Waals surface area (Å²) in [4.78, 5) is 35.3. The van der Waals surface area contributed by atoms with Gasteiger partial charge in [-0.25, -0.2) is 28.3 Å². The smallest absolute Gasteiger partial charge is 0.387 e. The molecule has 1 fully saturated rings. The lowest BCUT2D eigenvalue weighted by molar-refractivity contribution is -0.0504. The van der Waals surface area contributed by atoms with Crippen LogP contribution in [0.1, 0.15) is 6.23 Å². The molecular weight excluding hydrogens is 544 g/mol. The van der Waals surface area contributed by atoms with Crippen molar-refractivity contribution in [3.05, 3.63) is 40.7 Å². The summed E-state index contributed by atoms with van der Waals surface area (Å²) in [5, 5.41) is 28.7. The topological polar surface area (TPSA) is 246 Å². The number of phosphoric acid groups is 1. The highest BCUT2D eigenvalue weighted by molar-refractivity contribution is 7.46. The summed E-state index contributed by atoms with van der Waals surface area (Å²) < 4.78 is 63.5. The van der Waals surface area contributed by atoms with Crippen molar-refractivity contribution in [3.63, 3.8) is 0 Å². The van der Waals surface area contributed by atoms with Crippen LogP contribution in [0, 0.1) is 17.6 Å². The summed E-state index contributed by atoms with van der Waals surface area (Å²) in [6.45, 7) is -0.758. The van der Waals surface area contributed by atoms with Crippen molar-refractivity contribution in [2.45, 2.75) is 24.5 Å². The van der Waals surface area contributed by atoms with Crippen LogP contribution >= 0.6 is 7.82 Å². The van der Waals surface area contributed by atoms with Gasteiger partial charge in [0.2, 0.25) is 0 Å². The normalized spacial score (nSPS) is 21.4. The fourth-order valence-corrected chi connectivity index (χ4v) is 3.89. The summed E-state index contributed by atoms with van der Waals surface area (Å²) in [5.41, 5.74) is 7.57. The SMILES string of the molecule is [N-]=[N+]=Nc1c(F)c(F)nc(NCCNc2ncnc3c2ncn3[C@@H]2O[C@H](COP(=O)(O)O)[C@@H](O)[C@H]2O)c1F. The molecule has 204 valence electrons. The van der Waals surface area contributed by atoms with Crippen LogP contribution < -0.4 is 10.6 Å². The number of imidazole rings is 1. The minimum absolute atomic E-state index is 0.0268. The Bertz CT molecular complexity index is 1440. The third-order valence-electron chi connectivity index (χ3n) is 5.25. The largest absolute Gasteiger partial charge is 0.469 e. The quantitative estimate of drug-likeness (QED) is 0.0501. The molecule has 0 aromatic carbocycles. The summed E-state index contributed by atoms with van der Waals surface area (Å²) >= 11 is 0. The van der Waals surface area contributed by atoms with E-state index in [-0.39, 0.29) is 30.1 Å². The molecule has 0 saturated carbocycles. The lowest BCUT2D eigenvalue weighted by Crippen LogP contribution is -2.33. The molecule has 17 nitrogen and oxygen atoms in total. The first-order valence-electron chi connectivity index (χ1n) is 10.5. The van der Waals surface area contributed by atoms with Gasteiger partial charge in [0, 0.05) is 18.0 Å². The number of anilines is 2. The minimum atomic E-state index is -4.84. The molecule has 0 spiro atoms. The standard InChI is InChI=1S/C17H18F3N10O7P/c18-7-9(28-29-21)8(19)14(27-13(7)20)22-1-2-23-15-10-16(25-4-24-15)30(5-26-10)17-12(32)11(31)6(37-17)3-36-38(33,34)35/h4-6,11-12,17,31-32H,1-3H2,(H,22,27)(H,23,24,25)(H2,33,34,35)/t6-,11-,12-,17-/m1/s1. The van der Waals surface area contributed by atoms with Crippen LogP contribution in [0.25, 0.3) is 21.6 Å². The van der Waals surface area contributed by atoms with Crippen LogP contribution in [0.5, 0.6) is 0 Å². The molecule has 4 atom stereocenters. The zero-order valence-corrected chi connectivity index (χ0v) is 19.7. The number of azide groups is 1. The van der Waals surface area contributed by atoms with Crippen molar-refractivity contribution < 1.29 is 47.0 Å². The number of fused-ring (bicyclic) bond motifs is 1. The van der Waals surface area contributed by atoms with E-state index in [0.29, 0.717) is 0 Å². The Kier molecular flexibility index (Phi) is 7.95. The van der Waals surface area contributed by atoms with E-state index in [2.05, 4.69) is 45.1 Å². The van der Waals surface area contributed by atoms with E-state index in [1.54, 1.807) is 0 Å². The second-order valence-corrected chi connectivity index (χ2v) is 8.89. The molecule has 1 aliphatic rings. The Balaban J connectivity index is 1.44. The molecule has 0 bridgehead atoms. The van der Waals surface area contributed by atoms with E-state index < -0.39 is 68.1 Å². The van der Waals surface area contributed by atoms with Gasteiger partial charge in [0.15, 0.2) is 40.7 Å². The molecule has 0 radical (unpaired) electrons. The fourth-order valence-electron chi connectivity index (χ4n) is 3.55. The average Bonchev–Trinajstić information content (AvgIpc) is 3.42. The predicted molar refractivity (Wildman–Crippen MR) is 119 cm³/mol. The Labute approximate surface area is 209 Å². The van der Waals surface area contributed by atoms with Crippen molar-refractivity contribution in [1.29, 1.82) is 0 Å². The van der Waals surface area contributed by atoms with Crippen molar-refractivity contribution in [2.75, 3.05) is 30.3 Å². The molecular formula is C17H18F3N10O7P. The molecule has 1 saturated heterocycles. The number of hydrogen-bond acceptors (Lipinski definition) is 12. The lowest BCUT2D eigenvalue weighted by Gasteiger charge is -2.16. The van der Waals surface area contributed by atoms with Gasteiger partial charge in [-0.3, -0.25) is 9.09 Å². The molecule has 3 aromatic rings. The summed E-state index contributed by atoms with van der Waals surface area (Å²) in [5.74, 6) is -5.28. The molecule has 0 aliphatic carbocycles. The maximum atomic E-state index is 14.3. The number of pyridine rings is 1. The lowest BCUT2D eigenvalue weighted by atomic mass is 10.1. The number of aliphatic hydroxyl groups is 2. The third kappa shape index (κ3) is 5.62. The Morgan fingerprint density at radius 1 is 1.13 bits per heavy atom. The van der Waals surface area contributed by atoms with Crippen LogP contribution in [0.3, 0.4) is 0 Å². The summed E-state index contributed by atoms with van der Waals surface area (Å²) in [6.07, 6.45) is -3.20. The van der Waals surface area contributed by atoms with Gasteiger partial charge in [-0.05, 0) is 5.53 Å². The van der Waals surface area contributed by atoms with Gasteiger partial charge in [-0.1, -0.05) is 5.11 Å². The van der Waals surface area contributed by atoms with Crippen LogP contribution in [0.15, 0.2) is 17.8 Å². The maximum absolute atomic E-state index is 14.3. The molecule has 21 heteroatoms. The number of halogens is 3. The van der Waals surface area contributed by atoms with Gasteiger partial charge in [0.25, 0.3) is 5.95 Å². The van der Waals surface area contributed by atoms with Crippen molar-refractivity contribution in [2.24, 2.45) is 5.11 Å². The average molecular weight is 562 g/mol. The number of nitrogens with zero attached hydrogens (tertiary/aromatic N) is 8. The zero-order valence-electron chi connectivity index (χ0n) is 18.8. The van der Waals surface area contributed by atoms with E-state index in [9.17, 15) is 27.9 Å². The maximum Gasteiger partial charge on any atom is 0.469 e. The Hall–Kier alpha value is -3.61. The first-order valence-corrected chi connectivity index (χ1v) is 12.0. The fraction of sp³-hybridized carbons (Fsp3) is 0.412. The molecule has 4 rings (SSSR count). The second-order valence-electron chi connectivity index (χ2n) is 7.65. The number of ether oxygens (including phenoxy) is 1. The summed E-state index contributed by atoms with van der Waals surface area (Å²) in [7, 11) is -4.84. The zero-order chi connectivity index (χ0) is 27.6. The highest BCUT2D eigenvalue weighted by Gasteiger charge is 2.45. The molecule has 6 N–H and O–H groups in total. The first kappa shape index (κ1) is 27.4. The molecule has 3 aromatic heterocycles. The number of phosphoric ester groups is 1. The van der Waals surface area contributed by atoms with Crippen molar-refractivity contribution >= 4 is 36.3 Å². The van der Waals surface area contributed by atoms with Crippen LogP contribution in [-0.2, 0) is 13.8 Å². The van der Waals surface area contributed by atoms with Crippen LogP contribution in [0.2, 0.25) is 0 Å². The van der Waals surface area contributed by atoms with E-state index in [4.69, 9.17) is 20.1 Å². The number of aliphatic hydroxyl groups excluding tert-OH is 2. The number of hydrogen-bond donors (Lipinski definition) is 6. The predicted octanol–water partition coefficient (Wildman–Crippen LogP) is 0.833. The molecule has 0 amide bonds. The third-order valence-corrected chi connectivity index (χ3v) is 5.73. The highest BCUT2D eigenvalue weighted by Crippen LogP contribution is 2.39. The number of rotatable bonds is 10. The molecule has 1 aliphatic heterocycles. The van der Waals surface area contributed by atoms with Crippen molar-refractivity contribution in [1.82, 2.24) is 24.5 Å². The monoisotopic (exact) mass is 562 g/mol. The number of aromatic nitrogens is 5. The highest BCUT2D eigenvalue weighted by atomic mass is 31.2. The van der Waals surface area contributed by atoms with Crippen LogP contribution in [-0.4, -0.2) is 82.5 Å². The Morgan fingerprint density at radius 2 is 1.84 bits per heavy atom. The minimum Gasteiger partial charge on any atom is -0.387 e. The molecule has 0 unspecified atom stereocenters. The van der Waals surface area contributed by atoms with Gasteiger partial charge >= 0.3 is 7.82 Å². The van der Waals surface area contributed by atoms with Crippen LogP contribution in [0.4, 0.5) is 30.5 Å². The van der Waals surface area contributed by atoms with E-state index >= 15 is 0 Å². The van der Waals surface area contributed by atoms with E-state index in [0.717, 1.165) is 6.33 Å². The van der Waals surface area contributed by atoms with E-state index in [1.165, 1.54) is 10.9 Å². The van der Waals surface area contributed by atoms with Crippen molar-refractivity contribution in [3.8, 4) is 0 Å². The molecule has 4 heterocycles. The van der Waals surface area contributed by atoms with Gasteiger partial charge < -0.3 is 35.4 Å². The van der Waals surface area contributed by atoms with Gasteiger partial charge in [0.1, 0.15) is 30.3 Å². The van der Waals surface area contributed by atoms with Gasteiger partial charge in [-0.2, -0.15) is 9.37 Å². The second kappa shape index (κ2) is 11.0. The molecule has 38 heavy (non-hydrogen) atoms. The number of nitrogens with one attached hydrogen (secondary N) is 2. The van der Waals surface area contributed by atoms with Gasteiger partial charge in [-0.15, -0.1) is 0 Å². The van der Waals surface area contributed by atoms with E-state index in [1.807, 2.05) is 0 Å². The van der Waals surface area contributed by atoms with Gasteiger partial charge in [0.05, 0.1) is 12.9 Å². The summed E-state index contributed by atoms with van der Waals surface area (Å²) in [6, 6.07) is 0. The Morgan fingerprint density at radius 3 is 2.53 bits per heavy atom.